The first-order valence-corrected chi connectivity index (χ1v) is 9.34. The lowest BCUT2D eigenvalue weighted by atomic mass is 9.96. The number of carbonyl (C=O) groups is 2. The van der Waals surface area contributed by atoms with Gasteiger partial charge in [-0.15, -0.1) is 0 Å². The SMILES string of the molecule is Cc1nc(Cl)ccc1S(=O)(=O)NCC1CCC2(C1)NC(=O)NC2=O. The third-order valence-electron chi connectivity index (χ3n) is 4.49. The molecule has 1 saturated heterocycles. The summed E-state index contributed by atoms with van der Waals surface area (Å²) < 4.78 is 27.4. The zero-order valence-electron chi connectivity index (χ0n) is 12.9. The first-order chi connectivity index (χ1) is 11.2. The second-order valence-electron chi connectivity index (χ2n) is 6.17. The summed E-state index contributed by atoms with van der Waals surface area (Å²) in [7, 11) is -3.71. The maximum absolute atomic E-state index is 12.4. The topological polar surface area (TPSA) is 117 Å². The number of aromatic nitrogens is 1. The molecule has 10 heteroatoms. The van der Waals surface area contributed by atoms with E-state index >= 15 is 0 Å². The van der Waals surface area contributed by atoms with E-state index in [0.29, 0.717) is 25.0 Å². The monoisotopic (exact) mass is 372 g/mol. The second kappa shape index (κ2) is 5.98. The molecule has 130 valence electrons. The average molecular weight is 373 g/mol. The fourth-order valence-electron chi connectivity index (χ4n) is 3.28. The molecule has 24 heavy (non-hydrogen) atoms. The third-order valence-corrected chi connectivity index (χ3v) is 6.25. The number of halogens is 1. The molecule has 1 saturated carbocycles. The Kier molecular flexibility index (Phi) is 4.27. The third kappa shape index (κ3) is 3.11. The van der Waals surface area contributed by atoms with E-state index in [9.17, 15) is 18.0 Å². The molecule has 1 spiro atoms. The van der Waals surface area contributed by atoms with Gasteiger partial charge in [0.05, 0.1) is 5.69 Å². The van der Waals surface area contributed by atoms with E-state index in [-0.39, 0.29) is 28.4 Å². The Morgan fingerprint density at radius 3 is 2.79 bits per heavy atom. The van der Waals surface area contributed by atoms with E-state index in [0.717, 1.165) is 0 Å². The van der Waals surface area contributed by atoms with Gasteiger partial charge in [-0.2, -0.15) is 0 Å². The predicted molar refractivity (Wildman–Crippen MR) is 85.9 cm³/mol. The number of hydrogen-bond donors (Lipinski definition) is 3. The van der Waals surface area contributed by atoms with Crippen LogP contribution in [0.5, 0.6) is 0 Å². The lowest BCUT2D eigenvalue weighted by molar-refractivity contribution is -0.123. The molecule has 1 aliphatic carbocycles. The Morgan fingerprint density at radius 2 is 2.17 bits per heavy atom. The summed E-state index contributed by atoms with van der Waals surface area (Å²) >= 11 is 5.74. The summed E-state index contributed by atoms with van der Waals surface area (Å²) in [5.41, 5.74) is -0.578. The highest BCUT2D eigenvalue weighted by Crippen LogP contribution is 2.36. The van der Waals surface area contributed by atoms with Crippen molar-refractivity contribution in [2.75, 3.05) is 6.54 Å². The van der Waals surface area contributed by atoms with Gasteiger partial charge in [-0.3, -0.25) is 10.1 Å². The maximum Gasteiger partial charge on any atom is 0.322 e. The quantitative estimate of drug-likeness (QED) is 0.531. The highest BCUT2D eigenvalue weighted by Gasteiger charge is 2.50. The second-order valence-corrected chi connectivity index (χ2v) is 8.29. The number of nitrogens with zero attached hydrogens (tertiary/aromatic N) is 1. The lowest BCUT2D eigenvalue weighted by Crippen LogP contribution is -2.44. The van der Waals surface area contributed by atoms with Crippen molar-refractivity contribution in [1.29, 1.82) is 0 Å². The highest BCUT2D eigenvalue weighted by molar-refractivity contribution is 7.89. The van der Waals surface area contributed by atoms with E-state index in [1.54, 1.807) is 6.92 Å². The number of nitrogens with one attached hydrogen (secondary N) is 3. The molecule has 3 N–H and O–H groups in total. The Labute approximate surface area is 144 Å². The molecule has 8 nitrogen and oxygen atoms in total. The number of carbonyl (C=O) groups excluding carboxylic acids is 2. The average Bonchev–Trinajstić information content (AvgIpc) is 3.00. The summed E-state index contributed by atoms with van der Waals surface area (Å²) in [5.74, 6) is -0.375. The molecule has 2 aliphatic rings. The molecule has 2 fully saturated rings. The van der Waals surface area contributed by atoms with Gasteiger partial charge < -0.3 is 5.32 Å². The number of amides is 3. The molecule has 3 rings (SSSR count). The van der Waals surface area contributed by atoms with Gasteiger partial charge in [-0.05, 0) is 44.2 Å². The predicted octanol–water partition coefficient (Wildman–Crippen LogP) is 0.700. The van der Waals surface area contributed by atoms with E-state index in [4.69, 9.17) is 11.6 Å². The Balaban J connectivity index is 1.66. The summed E-state index contributed by atoms with van der Waals surface area (Å²) in [6, 6.07) is 2.34. The zero-order chi connectivity index (χ0) is 17.5. The number of hydrogen-bond acceptors (Lipinski definition) is 5. The van der Waals surface area contributed by atoms with Gasteiger partial charge in [-0.25, -0.2) is 22.9 Å². The molecule has 0 aromatic carbocycles. The van der Waals surface area contributed by atoms with Gasteiger partial charge in [0.1, 0.15) is 15.6 Å². The van der Waals surface area contributed by atoms with Gasteiger partial charge in [0, 0.05) is 6.54 Å². The van der Waals surface area contributed by atoms with Crippen molar-refractivity contribution in [1.82, 2.24) is 20.3 Å². The van der Waals surface area contributed by atoms with Crippen molar-refractivity contribution in [2.45, 2.75) is 36.6 Å². The van der Waals surface area contributed by atoms with Crippen LogP contribution in [0.2, 0.25) is 5.15 Å². The first-order valence-electron chi connectivity index (χ1n) is 7.48. The smallest absolute Gasteiger partial charge is 0.322 e. The van der Waals surface area contributed by atoms with Gasteiger partial charge in [0.25, 0.3) is 5.91 Å². The number of pyridine rings is 1. The van der Waals surface area contributed by atoms with Crippen LogP contribution in [-0.2, 0) is 14.8 Å². The molecule has 2 heterocycles. The van der Waals surface area contributed by atoms with Gasteiger partial charge in [0.2, 0.25) is 10.0 Å². The zero-order valence-corrected chi connectivity index (χ0v) is 14.5. The van der Waals surface area contributed by atoms with Crippen LogP contribution in [0.25, 0.3) is 0 Å². The minimum absolute atomic E-state index is 0.0375. The van der Waals surface area contributed by atoms with Crippen molar-refractivity contribution in [3.05, 3.63) is 23.0 Å². The molecule has 1 aromatic heterocycles. The Morgan fingerprint density at radius 1 is 1.42 bits per heavy atom. The van der Waals surface area contributed by atoms with Crippen molar-refractivity contribution < 1.29 is 18.0 Å². The van der Waals surface area contributed by atoms with Crippen LogP contribution >= 0.6 is 11.6 Å². The molecule has 3 amide bonds. The summed E-state index contributed by atoms with van der Waals surface area (Å²) in [4.78, 5) is 27.2. The van der Waals surface area contributed by atoms with Crippen LogP contribution in [0.15, 0.2) is 17.0 Å². The summed E-state index contributed by atoms with van der Waals surface area (Å²) in [6.45, 7) is 1.76. The first kappa shape index (κ1) is 17.1. The van der Waals surface area contributed by atoms with Gasteiger partial charge >= 0.3 is 6.03 Å². The van der Waals surface area contributed by atoms with Crippen LogP contribution in [-0.4, -0.2) is 37.4 Å². The highest BCUT2D eigenvalue weighted by atomic mass is 35.5. The summed E-state index contributed by atoms with van der Waals surface area (Å²) in [6.07, 6.45) is 1.55. The molecule has 0 bridgehead atoms. The van der Waals surface area contributed by atoms with Crippen molar-refractivity contribution in [3.8, 4) is 0 Å². The lowest BCUT2D eigenvalue weighted by Gasteiger charge is -2.19. The van der Waals surface area contributed by atoms with E-state index < -0.39 is 21.6 Å². The van der Waals surface area contributed by atoms with Crippen LogP contribution in [0.1, 0.15) is 25.0 Å². The molecular weight excluding hydrogens is 356 g/mol. The van der Waals surface area contributed by atoms with E-state index in [2.05, 4.69) is 20.3 Å². The molecule has 0 radical (unpaired) electrons. The minimum Gasteiger partial charge on any atom is -0.323 e. The normalized spacial score (nSPS) is 26.7. The standard InChI is InChI=1S/C14H17ClN4O4S/c1-8-10(2-3-11(15)17-8)24(22,23)16-7-9-4-5-14(6-9)12(20)18-13(21)19-14/h2-3,9,16H,4-7H2,1H3,(H2,18,19,20,21). The number of imide groups is 1. The van der Waals surface area contributed by atoms with Crippen molar-refractivity contribution in [2.24, 2.45) is 5.92 Å². The van der Waals surface area contributed by atoms with Crippen LogP contribution in [0.4, 0.5) is 4.79 Å². The number of urea groups is 1. The van der Waals surface area contributed by atoms with Crippen LogP contribution in [0.3, 0.4) is 0 Å². The fourth-order valence-corrected chi connectivity index (χ4v) is 4.76. The van der Waals surface area contributed by atoms with E-state index in [1.807, 2.05) is 0 Å². The summed E-state index contributed by atoms with van der Waals surface area (Å²) in [5, 5.41) is 5.11. The number of rotatable bonds is 4. The van der Waals surface area contributed by atoms with Crippen LogP contribution < -0.4 is 15.4 Å². The van der Waals surface area contributed by atoms with Gasteiger partial charge in [0.15, 0.2) is 0 Å². The molecule has 1 aliphatic heterocycles. The van der Waals surface area contributed by atoms with Crippen molar-refractivity contribution >= 4 is 33.6 Å². The van der Waals surface area contributed by atoms with Crippen LogP contribution in [0, 0.1) is 12.8 Å². The molecule has 2 unspecified atom stereocenters. The van der Waals surface area contributed by atoms with Crippen molar-refractivity contribution in [3.63, 3.8) is 0 Å². The molecule has 1 aromatic rings. The minimum atomic E-state index is -3.71. The van der Waals surface area contributed by atoms with E-state index in [1.165, 1.54) is 12.1 Å². The molecular formula is C14H17ClN4O4S. The van der Waals surface area contributed by atoms with Gasteiger partial charge in [-0.1, -0.05) is 11.6 Å². The number of aryl methyl sites for hydroxylation is 1. The Bertz CT molecular complexity index is 813. The Hall–Kier alpha value is -1.71. The molecule has 2 atom stereocenters. The fraction of sp³-hybridized carbons (Fsp3) is 0.500. The largest absolute Gasteiger partial charge is 0.323 e. The number of sulfonamides is 1. The maximum atomic E-state index is 12.4.